The van der Waals surface area contributed by atoms with Crippen molar-refractivity contribution >= 4 is 23.1 Å². The van der Waals surface area contributed by atoms with Gasteiger partial charge in [-0.05, 0) is 88.2 Å². The van der Waals surface area contributed by atoms with Gasteiger partial charge in [-0.1, -0.05) is 18.2 Å². The second-order valence-corrected chi connectivity index (χ2v) is 9.66. The molecule has 2 aromatic carbocycles. The van der Waals surface area contributed by atoms with Crippen molar-refractivity contribution in [2.75, 3.05) is 18.0 Å². The van der Waals surface area contributed by atoms with Gasteiger partial charge < -0.3 is 19.6 Å². The second-order valence-electron chi connectivity index (χ2n) is 9.66. The molecule has 38 heavy (non-hydrogen) atoms. The number of hydrogen-bond acceptors (Lipinski definition) is 6. The van der Waals surface area contributed by atoms with Crippen molar-refractivity contribution in [1.82, 2.24) is 9.88 Å². The summed E-state index contributed by atoms with van der Waals surface area (Å²) in [7, 11) is 0. The Bertz CT molecular complexity index is 1330. The number of ether oxygens (including phenoxy) is 1. The molecular weight excluding hydrogens is 478 g/mol. The molecule has 4 rings (SSSR count). The number of carbonyl (C=O) groups is 2. The van der Waals surface area contributed by atoms with Gasteiger partial charge >= 0.3 is 0 Å². The van der Waals surface area contributed by atoms with Gasteiger partial charge in [0.25, 0.3) is 11.7 Å². The predicted octanol–water partition coefficient (Wildman–Crippen LogP) is 5.65. The van der Waals surface area contributed by atoms with Crippen molar-refractivity contribution in [3.8, 4) is 5.75 Å². The molecule has 198 valence electrons. The standard InChI is InChI=1S/C31H35N3O4/c1-6-33(7-2)25-14-11-22(12-15-25)28-27(29(35)23-13-16-26(21(5)18-23)38-20(3)4)30(36)31(37)34(28)19-24-10-8-9-17-32-24/h8-18,20,28,35H,6-7,19H2,1-5H3/b29-27-. The van der Waals surface area contributed by atoms with Crippen molar-refractivity contribution in [2.45, 2.75) is 53.3 Å². The van der Waals surface area contributed by atoms with E-state index in [1.165, 1.54) is 4.90 Å². The van der Waals surface area contributed by atoms with Gasteiger partial charge in [-0.25, -0.2) is 0 Å². The van der Waals surface area contributed by atoms with E-state index in [4.69, 9.17) is 4.74 Å². The molecule has 1 atom stereocenters. The average Bonchev–Trinajstić information content (AvgIpc) is 3.16. The molecule has 1 fully saturated rings. The van der Waals surface area contributed by atoms with E-state index in [1.54, 1.807) is 30.5 Å². The van der Waals surface area contributed by atoms with Gasteiger partial charge in [0.05, 0.1) is 30.0 Å². The number of aromatic nitrogens is 1. The lowest BCUT2D eigenvalue weighted by Gasteiger charge is -2.26. The van der Waals surface area contributed by atoms with E-state index < -0.39 is 17.7 Å². The van der Waals surface area contributed by atoms with Crippen LogP contribution in [0, 0.1) is 6.92 Å². The number of rotatable bonds is 9. The zero-order valence-corrected chi connectivity index (χ0v) is 22.6. The van der Waals surface area contributed by atoms with Crippen LogP contribution in [0.5, 0.6) is 5.75 Å². The van der Waals surface area contributed by atoms with E-state index in [1.807, 2.05) is 57.2 Å². The van der Waals surface area contributed by atoms with Crippen LogP contribution in [0.1, 0.15) is 56.1 Å². The Morgan fingerprint density at radius 1 is 1.05 bits per heavy atom. The summed E-state index contributed by atoms with van der Waals surface area (Å²) in [6.07, 6.45) is 1.66. The molecule has 0 bridgehead atoms. The van der Waals surface area contributed by atoms with Crippen molar-refractivity contribution in [3.63, 3.8) is 0 Å². The van der Waals surface area contributed by atoms with E-state index >= 15 is 0 Å². The Kier molecular flexibility index (Phi) is 8.15. The molecule has 1 aromatic heterocycles. The fraction of sp³-hybridized carbons (Fsp3) is 0.323. The zero-order chi connectivity index (χ0) is 27.4. The molecule has 1 N–H and O–H groups in total. The number of hydrogen-bond donors (Lipinski definition) is 1. The number of Topliss-reactive ketones (excluding diaryl/α,β-unsaturated/α-hetero) is 1. The Morgan fingerprint density at radius 3 is 2.34 bits per heavy atom. The number of aryl methyl sites for hydroxylation is 1. The molecule has 0 radical (unpaired) electrons. The molecule has 0 aliphatic carbocycles. The smallest absolute Gasteiger partial charge is 0.296 e. The van der Waals surface area contributed by atoms with Crippen molar-refractivity contribution in [3.05, 3.63) is 94.8 Å². The summed E-state index contributed by atoms with van der Waals surface area (Å²) in [5.74, 6) is -0.873. The molecule has 1 aliphatic heterocycles. The minimum Gasteiger partial charge on any atom is -0.507 e. The number of nitrogens with zero attached hydrogens (tertiary/aromatic N) is 3. The molecule has 1 unspecified atom stereocenters. The molecule has 2 heterocycles. The molecule has 1 amide bonds. The van der Waals surface area contributed by atoms with Crippen LogP contribution in [0.15, 0.2) is 72.4 Å². The topological polar surface area (TPSA) is 83.0 Å². The van der Waals surface area contributed by atoms with E-state index in [2.05, 4.69) is 23.7 Å². The lowest BCUT2D eigenvalue weighted by Crippen LogP contribution is -2.29. The summed E-state index contributed by atoms with van der Waals surface area (Å²) in [6, 6.07) is 17.8. The highest BCUT2D eigenvalue weighted by molar-refractivity contribution is 6.46. The average molecular weight is 514 g/mol. The molecule has 7 nitrogen and oxygen atoms in total. The third kappa shape index (κ3) is 5.42. The Hall–Kier alpha value is -4.13. The molecule has 1 saturated heterocycles. The number of benzene rings is 2. The molecule has 0 saturated carbocycles. The van der Waals surface area contributed by atoms with E-state index in [0.717, 1.165) is 29.9 Å². The van der Waals surface area contributed by atoms with E-state index in [9.17, 15) is 14.7 Å². The van der Waals surface area contributed by atoms with Gasteiger partial charge in [-0.3, -0.25) is 14.6 Å². The maximum Gasteiger partial charge on any atom is 0.296 e. The Labute approximate surface area is 224 Å². The number of aliphatic hydroxyl groups excluding tert-OH is 1. The molecular formula is C31H35N3O4. The van der Waals surface area contributed by atoms with Crippen LogP contribution in [0.4, 0.5) is 5.69 Å². The van der Waals surface area contributed by atoms with Gasteiger partial charge in [0.2, 0.25) is 0 Å². The minimum absolute atomic E-state index is 0.00406. The quantitative estimate of drug-likeness (QED) is 0.226. The highest BCUT2D eigenvalue weighted by atomic mass is 16.5. The molecule has 3 aromatic rings. The van der Waals surface area contributed by atoms with Gasteiger partial charge in [0.15, 0.2) is 0 Å². The summed E-state index contributed by atoms with van der Waals surface area (Å²) in [5.41, 5.74) is 3.80. The van der Waals surface area contributed by atoms with Gasteiger partial charge in [-0.15, -0.1) is 0 Å². The maximum absolute atomic E-state index is 13.4. The van der Waals surface area contributed by atoms with Gasteiger partial charge in [0.1, 0.15) is 11.5 Å². The summed E-state index contributed by atoms with van der Waals surface area (Å²) >= 11 is 0. The fourth-order valence-corrected chi connectivity index (χ4v) is 4.85. The van der Waals surface area contributed by atoms with Crippen LogP contribution in [0.25, 0.3) is 5.76 Å². The number of carbonyl (C=O) groups excluding carboxylic acids is 2. The van der Waals surface area contributed by atoms with Crippen LogP contribution >= 0.6 is 0 Å². The molecule has 0 spiro atoms. The summed E-state index contributed by atoms with van der Waals surface area (Å²) in [5, 5.41) is 11.5. The van der Waals surface area contributed by atoms with Crippen molar-refractivity contribution in [1.29, 1.82) is 0 Å². The first-order valence-electron chi connectivity index (χ1n) is 13.1. The number of pyridine rings is 1. The van der Waals surface area contributed by atoms with Crippen molar-refractivity contribution < 1.29 is 19.4 Å². The molecule has 1 aliphatic rings. The van der Waals surface area contributed by atoms with Crippen LogP contribution in [-0.2, 0) is 16.1 Å². The SMILES string of the molecule is CCN(CC)c1ccc(C2/C(=C(/O)c3ccc(OC(C)C)c(C)c3)C(=O)C(=O)N2Cc2ccccn2)cc1. The molecule has 7 heteroatoms. The monoisotopic (exact) mass is 513 g/mol. The lowest BCUT2D eigenvalue weighted by atomic mass is 9.94. The van der Waals surface area contributed by atoms with Gasteiger partial charge in [0, 0.05) is 30.5 Å². The summed E-state index contributed by atoms with van der Waals surface area (Å²) < 4.78 is 5.83. The number of likely N-dealkylation sites (tertiary alicyclic amines) is 1. The van der Waals surface area contributed by atoms with Crippen LogP contribution in [0.3, 0.4) is 0 Å². The largest absolute Gasteiger partial charge is 0.507 e. The van der Waals surface area contributed by atoms with Crippen LogP contribution in [0.2, 0.25) is 0 Å². The van der Waals surface area contributed by atoms with Crippen LogP contribution < -0.4 is 9.64 Å². The summed E-state index contributed by atoms with van der Waals surface area (Å²) in [4.78, 5) is 34.8. The number of aliphatic hydroxyl groups is 1. The summed E-state index contributed by atoms with van der Waals surface area (Å²) in [6.45, 7) is 11.8. The number of ketones is 1. The minimum atomic E-state index is -0.755. The predicted molar refractivity (Wildman–Crippen MR) is 149 cm³/mol. The first-order valence-corrected chi connectivity index (χ1v) is 13.1. The van der Waals surface area contributed by atoms with E-state index in [0.29, 0.717) is 17.0 Å². The first-order chi connectivity index (χ1) is 18.2. The normalized spacial score (nSPS) is 16.8. The van der Waals surface area contributed by atoms with Gasteiger partial charge in [-0.2, -0.15) is 0 Å². The van der Waals surface area contributed by atoms with Crippen molar-refractivity contribution in [2.24, 2.45) is 0 Å². The van der Waals surface area contributed by atoms with E-state index in [-0.39, 0.29) is 24.0 Å². The number of anilines is 1. The second kappa shape index (κ2) is 11.5. The highest BCUT2D eigenvalue weighted by Gasteiger charge is 2.46. The highest BCUT2D eigenvalue weighted by Crippen LogP contribution is 2.41. The third-order valence-corrected chi connectivity index (χ3v) is 6.75. The number of amides is 1. The van der Waals surface area contributed by atoms with Crippen LogP contribution in [-0.4, -0.2) is 45.9 Å². The Morgan fingerprint density at radius 2 is 1.76 bits per heavy atom. The zero-order valence-electron chi connectivity index (χ0n) is 22.6. The maximum atomic E-state index is 13.4. The first kappa shape index (κ1) is 26.9. The lowest BCUT2D eigenvalue weighted by molar-refractivity contribution is -0.140. The third-order valence-electron chi connectivity index (χ3n) is 6.75. The Balaban J connectivity index is 1.82. The fourth-order valence-electron chi connectivity index (χ4n) is 4.85.